The summed E-state index contributed by atoms with van der Waals surface area (Å²) in [5.41, 5.74) is 6.86. The Morgan fingerprint density at radius 2 is 2.10 bits per heavy atom. The second kappa shape index (κ2) is 7.25. The molecule has 0 fully saturated rings. The lowest BCUT2D eigenvalue weighted by molar-refractivity contribution is 0.435. The van der Waals surface area contributed by atoms with Crippen LogP contribution in [0.1, 0.15) is 18.9 Å². The minimum absolute atomic E-state index is 0.0144. The Bertz CT molecular complexity index is 636. The summed E-state index contributed by atoms with van der Waals surface area (Å²) in [5.74, 6) is 0.150. The van der Waals surface area contributed by atoms with Crippen LogP contribution in [0.4, 0.5) is 4.39 Å². The lowest BCUT2D eigenvalue weighted by atomic mass is 10.0. The molecule has 0 amide bonds. The molecule has 2 N–H and O–H groups in total. The van der Waals surface area contributed by atoms with Gasteiger partial charge in [0.2, 0.25) is 0 Å². The van der Waals surface area contributed by atoms with Crippen LogP contribution in [0.3, 0.4) is 0 Å². The van der Waals surface area contributed by atoms with Crippen LogP contribution in [0.5, 0.6) is 11.5 Å². The number of nitrogens with two attached hydrogens (primary N) is 1. The van der Waals surface area contributed by atoms with Gasteiger partial charge in [-0.2, -0.15) is 0 Å². The van der Waals surface area contributed by atoms with Crippen LogP contribution in [-0.4, -0.2) is 6.04 Å². The monoisotopic (exact) mass is 371 g/mol. The zero-order valence-electron chi connectivity index (χ0n) is 11.6. The molecule has 0 radical (unpaired) electrons. The van der Waals surface area contributed by atoms with Gasteiger partial charge in [0.1, 0.15) is 5.75 Å². The second-order valence-corrected chi connectivity index (χ2v) is 6.10. The Morgan fingerprint density at radius 3 is 2.76 bits per heavy atom. The molecular weight excluding hydrogens is 357 g/mol. The van der Waals surface area contributed by atoms with E-state index in [-0.39, 0.29) is 11.8 Å². The molecule has 0 spiro atoms. The zero-order chi connectivity index (χ0) is 15.4. The van der Waals surface area contributed by atoms with Crippen LogP contribution < -0.4 is 10.5 Å². The normalized spacial score (nSPS) is 12.2. The molecule has 0 saturated carbocycles. The van der Waals surface area contributed by atoms with E-state index in [2.05, 4.69) is 15.9 Å². The standard InChI is InChI=1S/C16H16BrClFNO/c1-2-12(20)8-10-4-3-5-13(18)16(10)21-15-7-6-11(17)9-14(15)19/h3-7,9,12H,2,8,20H2,1H3. The van der Waals surface area contributed by atoms with Gasteiger partial charge in [0.05, 0.1) is 5.02 Å². The first kappa shape index (κ1) is 16.3. The summed E-state index contributed by atoms with van der Waals surface area (Å²) in [5, 5.41) is 0.443. The lowest BCUT2D eigenvalue weighted by Crippen LogP contribution is -2.21. The van der Waals surface area contributed by atoms with E-state index >= 15 is 0 Å². The van der Waals surface area contributed by atoms with E-state index < -0.39 is 5.82 Å². The molecule has 5 heteroatoms. The first-order valence-electron chi connectivity index (χ1n) is 6.67. The van der Waals surface area contributed by atoms with Gasteiger partial charge in [0, 0.05) is 10.5 Å². The number of hydrogen-bond donors (Lipinski definition) is 1. The summed E-state index contributed by atoms with van der Waals surface area (Å²) >= 11 is 9.41. The van der Waals surface area contributed by atoms with Crippen molar-refractivity contribution in [3.05, 3.63) is 57.3 Å². The molecular formula is C16H16BrClFNO. The fourth-order valence-electron chi connectivity index (χ4n) is 1.92. The van der Waals surface area contributed by atoms with Crippen LogP contribution in [0, 0.1) is 5.82 Å². The number of halogens is 3. The van der Waals surface area contributed by atoms with Crippen LogP contribution >= 0.6 is 27.5 Å². The Labute approximate surface area is 137 Å². The van der Waals surface area contributed by atoms with Crippen molar-refractivity contribution in [1.29, 1.82) is 0 Å². The number of hydrogen-bond acceptors (Lipinski definition) is 2. The Hall–Kier alpha value is -1.10. The van der Waals surface area contributed by atoms with Crippen molar-refractivity contribution >= 4 is 27.5 Å². The summed E-state index contributed by atoms with van der Waals surface area (Å²) in [6.07, 6.45) is 1.48. The smallest absolute Gasteiger partial charge is 0.166 e. The lowest BCUT2D eigenvalue weighted by Gasteiger charge is -2.16. The Kier molecular flexibility index (Phi) is 5.62. The third-order valence-electron chi connectivity index (χ3n) is 3.16. The van der Waals surface area contributed by atoms with Gasteiger partial charge in [0.15, 0.2) is 11.6 Å². The number of rotatable bonds is 5. The van der Waals surface area contributed by atoms with Crippen LogP contribution in [0.15, 0.2) is 40.9 Å². The van der Waals surface area contributed by atoms with E-state index in [1.807, 2.05) is 19.1 Å². The van der Waals surface area contributed by atoms with Crippen molar-refractivity contribution in [2.45, 2.75) is 25.8 Å². The predicted molar refractivity (Wildman–Crippen MR) is 87.6 cm³/mol. The topological polar surface area (TPSA) is 35.2 Å². The zero-order valence-corrected chi connectivity index (χ0v) is 13.9. The maximum absolute atomic E-state index is 13.9. The fourth-order valence-corrected chi connectivity index (χ4v) is 2.49. The van der Waals surface area contributed by atoms with E-state index in [9.17, 15) is 4.39 Å². The van der Waals surface area contributed by atoms with Gasteiger partial charge in [-0.05, 0) is 42.7 Å². The molecule has 0 saturated heterocycles. The fraction of sp³-hybridized carbons (Fsp3) is 0.250. The highest BCUT2D eigenvalue weighted by molar-refractivity contribution is 9.10. The molecule has 2 aromatic rings. The van der Waals surface area contributed by atoms with Crippen LogP contribution in [0.2, 0.25) is 5.02 Å². The molecule has 1 unspecified atom stereocenters. The van der Waals surface area contributed by atoms with Gasteiger partial charge < -0.3 is 10.5 Å². The first-order valence-corrected chi connectivity index (χ1v) is 7.84. The molecule has 0 aromatic heterocycles. The van der Waals surface area contributed by atoms with Crippen molar-refractivity contribution < 1.29 is 9.13 Å². The number of para-hydroxylation sites is 1. The minimum Gasteiger partial charge on any atom is -0.452 e. The summed E-state index contributed by atoms with van der Waals surface area (Å²) < 4.78 is 20.2. The van der Waals surface area contributed by atoms with E-state index in [1.54, 1.807) is 18.2 Å². The van der Waals surface area contributed by atoms with Crippen LogP contribution in [0.25, 0.3) is 0 Å². The highest BCUT2D eigenvalue weighted by Crippen LogP contribution is 2.35. The van der Waals surface area contributed by atoms with Gasteiger partial charge in [-0.25, -0.2) is 4.39 Å². The molecule has 21 heavy (non-hydrogen) atoms. The van der Waals surface area contributed by atoms with Crippen molar-refractivity contribution in [3.8, 4) is 11.5 Å². The molecule has 0 aliphatic heterocycles. The summed E-state index contributed by atoms with van der Waals surface area (Å²) in [6, 6.07) is 10.1. The van der Waals surface area contributed by atoms with Gasteiger partial charge >= 0.3 is 0 Å². The molecule has 0 aliphatic carbocycles. The second-order valence-electron chi connectivity index (χ2n) is 4.78. The molecule has 0 aliphatic rings. The number of benzene rings is 2. The van der Waals surface area contributed by atoms with Crippen molar-refractivity contribution in [2.24, 2.45) is 5.73 Å². The third-order valence-corrected chi connectivity index (χ3v) is 3.95. The Morgan fingerprint density at radius 1 is 1.33 bits per heavy atom. The maximum atomic E-state index is 13.9. The first-order chi connectivity index (χ1) is 10.0. The number of ether oxygens (including phenoxy) is 1. The molecule has 112 valence electrons. The van der Waals surface area contributed by atoms with Gasteiger partial charge in [-0.3, -0.25) is 0 Å². The molecule has 0 heterocycles. The highest BCUT2D eigenvalue weighted by Gasteiger charge is 2.14. The van der Waals surface area contributed by atoms with Crippen LogP contribution in [-0.2, 0) is 6.42 Å². The van der Waals surface area contributed by atoms with Crippen molar-refractivity contribution in [2.75, 3.05) is 0 Å². The maximum Gasteiger partial charge on any atom is 0.166 e. The average molecular weight is 373 g/mol. The van der Waals surface area contributed by atoms with E-state index in [4.69, 9.17) is 22.1 Å². The molecule has 2 rings (SSSR count). The SMILES string of the molecule is CCC(N)Cc1cccc(Cl)c1Oc1ccc(Br)cc1F. The highest BCUT2D eigenvalue weighted by atomic mass is 79.9. The molecule has 1 atom stereocenters. The molecule has 2 aromatic carbocycles. The van der Waals surface area contributed by atoms with E-state index in [1.165, 1.54) is 6.07 Å². The summed E-state index contributed by atoms with van der Waals surface area (Å²) in [4.78, 5) is 0. The van der Waals surface area contributed by atoms with Gasteiger partial charge in [0.25, 0.3) is 0 Å². The summed E-state index contributed by atoms with van der Waals surface area (Å²) in [6.45, 7) is 2.02. The van der Waals surface area contributed by atoms with Gasteiger partial charge in [-0.1, -0.05) is 46.6 Å². The van der Waals surface area contributed by atoms with E-state index in [0.717, 1.165) is 12.0 Å². The molecule has 2 nitrogen and oxygen atoms in total. The van der Waals surface area contributed by atoms with Gasteiger partial charge in [-0.15, -0.1) is 0 Å². The summed E-state index contributed by atoms with van der Waals surface area (Å²) in [7, 11) is 0. The third kappa shape index (κ3) is 4.19. The Balaban J connectivity index is 2.34. The minimum atomic E-state index is -0.449. The average Bonchev–Trinajstić information content (AvgIpc) is 2.44. The quantitative estimate of drug-likeness (QED) is 0.771. The largest absolute Gasteiger partial charge is 0.452 e. The predicted octanol–water partition coefficient (Wildman–Crippen LogP) is 5.31. The molecule has 0 bridgehead atoms. The van der Waals surface area contributed by atoms with E-state index in [0.29, 0.717) is 21.7 Å². The van der Waals surface area contributed by atoms with Crippen molar-refractivity contribution in [1.82, 2.24) is 0 Å². The van der Waals surface area contributed by atoms with Crippen molar-refractivity contribution in [3.63, 3.8) is 0 Å².